The molecular weight excluding hydrogens is 370 g/mol. The fourth-order valence-electron chi connectivity index (χ4n) is 2.86. The predicted octanol–water partition coefficient (Wildman–Crippen LogP) is 3.12. The van der Waals surface area contributed by atoms with E-state index in [0.717, 1.165) is 24.8 Å². The Morgan fingerprint density at radius 2 is 1.90 bits per heavy atom. The average Bonchev–Trinajstić information content (AvgIpc) is 3.14. The molecule has 0 unspecified atom stereocenters. The molecule has 154 valence electrons. The highest BCUT2D eigenvalue weighted by molar-refractivity contribution is 6.00. The summed E-state index contributed by atoms with van der Waals surface area (Å²) in [5.41, 5.74) is 8.51. The van der Waals surface area contributed by atoms with Crippen molar-refractivity contribution in [3.05, 3.63) is 41.5 Å². The van der Waals surface area contributed by atoms with Crippen molar-refractivity contribution < 1.29 is 14.6 Å². The van der Waals surface area contributed by atoms with E-state index in [-0.39, 0.29) is 11.7 Å². The summed E-state index contributed by atoms with van der Waals surface area (Å²) >= 11 is 0. The van der Waals surface area contributed by atoms with Gasteiger partial charge in [0.25, 0.3) is 5.91 Å². The van der Waals surface area contributed by atoms with E-state index in [1.165, 1.54) is 4.80 Å². The number of benzene rings is 2. The lowest BCUT2D eigenvalue weighted by atomic mass is 10.1. The third kappa shape index (κ3) is 4.65. The lowest BCUT2D eigenvalue weighted by Crippen LogP contribution is -2.37. The third-order valence-corrected chi connectivity index (χ3v) is 4.52. The number of nitrogens with one attached hydrogen (secondary N) is 2. The molecule has 0 aliphatic heterocycles. The molecule has 1 heterocycles. The molecule has 0 aliphatic carbocycles. The van der Waals surface area contributed by atoms with Crippen LogP contribution in [0.3, 0.4) is 0 Å². The molecule has 0 fully saturated rings. The predicted molar refractivity (Wildman–Crippen MR) is 111 cm³/mol. The Morgan fingerprint density at radius 1 is 1.14 bits per heavy atom. The molecule has 0 saturated heterocycles. The van der Waals surface area contributed by atoms with Gasteiger partial charge in [-0.2, -0.15) is 0 Å². The smallest absolute Gasteiger partial charge is 0.269 e. The molecule has 1 amide bonds. The van der Waals surface area contributed by atoms with Gasteiger partial charge in [-0.1, -0.05) is 33.3 Å². The van der Waals surface area contributed by atoms with E-state index in [4.69, 9.17) is 4.74 Å². The number of rotatable bonds is 9. The number of phenolic OH excluding ortho intramolecular Hbond substituents is 1. The number of amides is 1. The first-order chi connectivity index (χ1) is 14.1. The lowest BCUT2D eigenvalue weighted by molar-refractivity contribution is 0.0930. The molecule has 0 bridgehead atoms. The Bertz CT molecular complexity index is 999. The van der Waals surface area contributed by atoms with Gasteiger partial charge in [0.05, 0.1) is 12.2 Å². The quantitative estimate of drug-likeness (QED) is 0.379. The Morgan fingerprint density at radius 3 is 2.59 bits per heavy atom. The van der Waals surface area contributed by atoms with Crippen molar-refractivity contribution in [3.63, 3.8) is 0 Å². The lowest BCUT2D eigenvalue weighted by Gasteiger charge is -2.11. The number of hydrogen-bond donors (Lipinski definition) is 3. The number of unbranched alkanes of at least 4 members (excludes halogenated alkanes) is 1. The van der Waals surface area contributed by atoms with Crippen LogP contribution in [0.15, 0.2) is 30.3 Å². The van der Waals surface area contributed by atoms with Gasteiger partial charge in [-0.3, -0.25) is 10.2 Å². The minimum Gasteiger partial charge on any atom is -0.506 e. The normalized spacial score (nSPS) is 11.0. The highest BCUT2D eigenvalue weighted by Gasteiger charge is 2.18. The van der Waals surface area contributed by atoms with Crippen molar-refractivity contribution in [1.82, 2.24) is 25.8 Å². The maximum Gasteiger partial charge on any atom is 0.269 e. The SMILES string of the molecule is CCCCOc1cc2nn(-c3cc(CC)ccc3O)nc2cc1C(=O)NNCC. The van der Waals surface area contributed by atoms with Gasteiger partial charge < -0.3 is 9.84 Å². The standard InChI is InChI=1S/C21H27N5O3/c1-4-7-10-29-20-13-17-16(12-15(20)21(28)23-22-6-3)24-26(25-17)18-11-14(5-2)8-9-19(18)27/h8-9,11-13,22,27H,4-7,10H2,1-3H3,(H,23,28). The summed E-state index contributed by atoms with van der Waals surface area (Å²) in [4.78, 5) is 14.0. The number of fused-ring (bicyclic) bond motifs is 1. The van der Waals surface area contributed by atoms with E-state index >= 15 is 0 Å². The number of ether oxygens (including phenoxy) is 1. The van der Waals surface area contributed by atoms with Gasteiger partial charge >= 0.3 is 0 Å². The molecule has 8 nitrogen and oxygen atoms in total. The molecule has 8 heteroatoms. The number of hydrazine groups is 1. The van der Waals surface area contributed by atoms with Crippen LogP contribution in [-0.4, -0.2) is 39.2 Å². The second kappa shape index (κ2) is 9.38. The van der Waals surface area contributed by atoms with Crippen molar-refractivity contribution in [1.29, 1.82) is 0 Å². The minimum atomic E-state index is -0.300. The third-order valence-electron chi connectivity index (χ3n) is 4.52. The Balaban J connectivity index is 2.04. The summed E-state index contributed by atoms with van der Waals surface area (Å²) < 4.78 is 5.85. The molecule has 3 rings (SSSR count). The van der Waals surface area contributed by atoms with Gasteiger partial charge in [0.1, 0.15) is 28.2 Å². The van der Waals surface area contributed by atoms with Crippen LogP contribution in [0.25, 0.3) is 16.7 Å². The zero-order valence-electron chi connectivity index (χ0n) is 17.0. The highest BCUT2D eigenvalue weighted by atomic mass is 16.5. The summed E-state index contributed by atoms with van der Waals surface area (Å²) in [7, 11) is 0. The van der Waals surface area contributed by atoms with Gasteiger partial charge in [0.15, 0.2) is 0 Å². The zero-order chi connectivity index (χ0) is 20.8. The van der Waals surface area contributed by atoms with E-state index in [1.807, 2.05) is 26.0 Å². The van der Waals surface area contributed by atoms with Gasteiger partial charge in [0.2, 0.25) is 0 Å². The van der Waals surface area contributed by atoms with Gasteiger partial charge in [0, 0.05) is 12.6 Å². The topological polar surface area (TPSA) is 101 Å². The Labute approximate surface area is 169 Å². The first-order valence-electron chi connectivity index (χ1n) is 9.96. The van der Waals surface area contributed by atoms with Gasteiger partial charge in [-0.15, -0.1) is 15.0 Å². The number of nitrogens with zero attached hydrogens (tertiary/aromatic N) is 3. The molecule has 0 aliphatic rings. The van der Waals surface area contributed by atoms with Crippen LogP contribution < -0.4 is 15.6 Å². The second-order valence-corrected chi connectivity index (χ2v) is 6.69. The molecule has 3 aromatic rings. The highest BCUT2D eigenvalue weighted by Crippen LogP contribution is 2.27. The first-order valence-corrected chi connectivity index (χ1v) is 9.96. The van der Waals surface area contributed by atoms with Crippen molar-refractivity contribution >= 4 is 16.9 Å². The molecule has 3 N–H and O–H groups in total. The summed E-state index contributed by atoms with van der Waals surface area (Å²) in [6, 6.07) is 8.73. The van der Waals surface area contributed by atoms with Crippen molar-refractivity contribution in [2.24, 2.45) is 0 Å². The number of carbonyl (C=O) groups is 1. The monoisotopic (exact) mass is 397 g/mol. The number of carbonyl (C=O) groups excluding carboxylic acids is 1. The van der Waals surface area contributed by atoms with Crippen LogP contribution in [-0.2, 0) is 6.42 Å². The van der Waals surface area contributed by atoms with Gasteiger partial charge in [-0.05, 0) is 36.6 Å². The summed E-state index contributed by atoms with van der Waals surface area (Å²) in [5, 5.41) is 19.2. The van der Waals surface area contributed by atoms with E-state index in [9.17, 15) is 9.90 Å². The second-order valence-electron chi connectivity index (χ2n) is 6.69. The minimum absolute atomic E-state index is 0.0898. The van der Waals surface area contributed by atoms with E-state index in [2.05, 4.69) is 28.0 Å². The van der Waals surface area contributed by atoms with Crippen LogP contribution in [0.1, 0.15) is 49.5 Å². The molecule has 0 atom stereocenters. The zero-order valence-corrected chi connectivity index (χ0v) is 17.0. The molecule has 0 saturated carbocycles. The van der Waals surface area contributed by atoms with Crippen LogP contribution >= 0.6 is 0 Å². The summed E-state index contributed by atoms with van der Waals surface area (Å²) in [6.07, 6.45) is 2.71. The van der Waals surface area contributed by atoms with E-state index in [0.29, 0.717) is 41.2 Å². The number of hydrogen-bond acceptors (Lipinski definition) is 6. The fraction of sp³-hybridized carbons (Fsp3) is 0.381. The van der Waals surface area contributed by atoms with Crippen molar-refractivity contribution in [2.75, 3.05) is 13.2 Å². The fourth-order valence-corrected chi connectivity index (χ4v) is 2.86. The van der Waals surface area contributed by atoms with Crippen LogP contribution in [0, 0.1) is 0 Å². The molecule has 2 aromatic carbocycles. The molecule has 29 heavy (non-hydrogen) atoms. The van der Waals surface area contributed by atoms with E-state index in [1.54, 1.807) is 18.2 Å². The summed E-state index contributed by atoms with van der Waals surface area (Å²) in [6.45, 7) is 7.12. The number of aromatic hydroxyl groups is 1. The van der Waals surface area contributed by atoms with Crippen LogP contribution in [0.2, 0.25) is 0 Å². The number of aromatic nitrogens is 3. The first kappa shape index (κ1) is 20.6. The number of aryl methyl sites for hydroxylation is 1. The molecule has 0 spiro atoms. The largest absolute Gasteiger partial charge is 0.506 e. The van der Waals surface area contributed by atoms with Crippen LogP contribution in [0.4, 0.5) is 0 Å². The van der Waals surface area contributed by atoms with E-state index < -0.39 is 0 Å². The van der Waals surface area contributed by atoms with Crippen LogP contribution in [0.5, 0.6) is 11.5 Å². The average molecular weight is 397 g/mol. The Hall–Kier alpha value is -3.13. The molecule has 0 radical (unpaired) electrons. The van der Waals surface area contributed by atoms with Crippen molar-refractivity contribution in [2.45, 2.75) is 40.0 Å². The van der Waals surface area contributed by atoms with Gasteiger partial charge in [-0.25, -0.2) is 5.43 Å². The number of phenols is 1. The maximum atomic E-state index is 12.6. The maximum absolute atomic E-state index is 12.6. The molecule has 1 aromatic heterocycles. The Kier molecular flexibility index (Phi) is 6.66. The molecular formula is C21H27N5O3. The van der Waals surface area contributed by atoms with Crippen molar-refractivity contribution in [3.8, 4) is 17.2 Å². The summed E-state index contributed by atoms with van der Waals surface area (Å²) in [5.74, 6) is 0.248.